The molecular formula is C22H20N4O3S. The van der Waals surface area contributed by atoms with Gasteiger partial charge in [0.2, 0.25) is 17.7 Å². The normalized spacial score (nSPS) is 10.6. The summed E-state index contributed by atoms with van der Waals surface area (Å²) in [5, 5.41) is 7.47. The van der Waals surface area contributed by atoms with Crippen LogP contribution in [0.15, 0.2) is 72.1 Å². The van der Waals surface area contributed by atoms with E-state index in [1.807, 2.05) is 48.5 Å². The summed E-state index contributed by atoms with van der Waals surface area (Å²) in [6, 6.07) is 18.2. The van der Waals surface area contributed by atoms with Crippen LogP contribution in [0.25, 0.3) is 6.08 Å². The lowest BCUT2D eigenvalue weighted by molar-refractivity contribution is -0.121. The number of nitrogens with zero attached hydrogens (tertiary/aromatic N) is 2. The van der Waals surface area contributed by atoms with Crippen LogP contribution in [0.1, 0.15) is 12.6 Å². The maximum Gasteiger partial charge on any atom is 0.244 e. The predicted molar refractivity (Wildman–Crippen MR) is 118 cm³/mol. The van der Waals surface area contributed by atoms with Gasteiger partial charge in [-0.2, -0.15) is 0 Å². The highest BCUT2D eigenvalue weighted by atomic mass is 32.1. The Morgan fingerprint density at radius 1 is 1.03 bits per heavy atom. The summed E-state index contributed by atoms with van der Waals surface area (Å²) in [7, 11) is 0. The lowest BCUT2D eigenvalue weighted by Crippen LogP contribution is -2.31. The Kier molecular flexibility index (Phi) is 7.07. The van der Waals surface area contributed by atoms with E-state index in [2.05, 4.69) is 15.6 Å². The molecule has 1 aromatic heterocycles. The molecule has 0 saturated heterocycles. The molecule has 0 saturated carbocycles. The molecular weight excluding hydrogens is 400 g/mol. The van der Waals surface area contributed by atoms with Gasteiger partial charge in [0, 0.05) is 24.1 Å². The van der Waals surface area contributed by atoms with Crippen molar-refractivity contribution >= 4 is 51.6 Å². The molecule has 2 N–H and O–H groups in total. The second kappa shape index (κ2) is 10.1. The van der Waals surface area contributed by atoms with Gasteiger partial charge < -0.3 is 10.6 Å². The number of aromatic nitrogens is 1. The van der Waals surface area contributed by atoms with Crippen LogP contribution >= 0.6 is 11.3 Å². The number of thiazole rings is 1. The number of carbonyl (C=O) groups excluding carboxylic acids is 3. The van der Waals surface area contributed by atoms with E-state index in [4.69, 9.17) is 0 Å². The second-order valence-corrected chi connectivity index (χ2v) is 7.05. The van der Waals surface area contributed by atoms with Crippen molar-refractivity contribution in [3.05, 3.63) is 77.8 Å². The number of anilines is 3. The fourth-order valence-corrected chi connectivity index (χ4v) is 3.43. The molecule has 8 heteroatoms. The lowest BCUT2D eigenvalue weighted by Gasteiger charge is -2.17. The maximum absolute atomic E-state index is 12.1. The largest absolute Gasteiger partial charge is 0.343 e. The topological polar surface area (TPSA) is 91.4 Å². The van der Waals surface area contributed by atoms with Gasteiger partial charge in [-0.15, -0.1) is 11.3 Å². The third-order valence-electron chi connectivity index (χ3n) is 3.92. The number of nitrogens with one attached hydrogen (secondary N) is 2. The van der Waals surface area contributed by atoms with E-state index in [0.29, 0.717) is 16.5 Å². The summed E-state index contributed by atoms with van der Waals surface area (Å²) >= 11 is 1.30. The van der Waals surface area contributed by atoms with Gasteiger partial charge in [-0.05, 0) is 30.3 Å². The fraction of sp³-hybridized carbons (Fsp3) is 0.0909. The van der Waals surface area contributed by atoms with Crippen molar-refractivity contribution in [3.63, 3.8) is 0 Å². The van der Waals surface area contributed by atoms with E-state index in [1.54, 1.807) is 17.5 Å². The van der Waals surface area contributed by atoms with Gasteiger partial charge in [0.1, 0.15) is 0 Å². The quantitative estimate of drug-likeness (QED) is 0.572. The molecule has 7 nitrogen and oxygen atoms in total. The molecule has 0 radical (unpaired) electrons. The molecule has 0 fully saturated rings. The van der Waals surface area contributed by atoms with Crippen molar-refractivity contribution in [2.45, 2.75) is 6.92 Å². The van der Waals surface area contributed by atoms with E-state index < -0.39 is 5.91 Å². The number of hydrogen-bond donors (Lipinski definition) is 2. The minimum absolute atomic E-state index is 0.146. The van der Waals surface area contributed by atoms with Gasteiger partial charge in [0.05, 0.1) is 17.9 Å². The predicted octanol–water partition coefficient (Wildman–Crippen LogP) is 3.60. The maximum atomic E-state index is 12.1. The Labute approximate surface area is 178 Å². The van der Waals surface area contributed by atoms with Crippen LogP contribution in [-0.4, -0.2) is 29.3 Å². The summed E-state index contributed by atoms with van der Waals surface area (Å²) in [5.74, 6) is -0.897. The van der Waals surface area contributed by atoms with Crippen molar-refractivity contribution in [3.8, 4) is 0 Å². The smallest absolute Gasteiger partial charge is 0.244 e. The van der Waals surface area contributed by atoms with E-state index in [0.717, 1.165) is 5.69 Å². The Morgan fingerprint density at radius 3 is 2.37 bits per heavy atom. The summed E-state index contributed by atoms with van der Waals surface area (Å²) in [6.07, 6.45) is 2.84. The Balaban J connectivity index is 1.56. The summed E-state index contributed by atoms with van der Waals surface area (Å²) in [5.41, 5.74) is 1.92. The second-order valence-electron chi connectivity index (χ2n) is 6.21. The number of hydrogen-bond acceptors (Lipinski definition) is 5. The lowest BCUT2D eigenvalue weighted by atomic mass is 10.3. The average Bonchev–Trinajstić information content (AvgIpc) is 3.20. The van der Waals surface area contributed by atoms with E-state index in [1.165, 1.54) is 35.3 Å². The third kappa shape index (κ3) is 5.86. The molecule has 2 aromatic carbocycles. The van der Waals surface area contributed by atoms with Gasteiger partial charge in [-0.1, -0.05) is 36.4 Å². The van der Waals surface area contributed by atoms with Crippen LogP contribution < -0.4 is 15.5 Å². The van der Waals surface area contributed by atoms with Gasteiger partial charge in [0.25, 0.3) is 0 Å². The Bertz CT molecular complexity index is 1050. The molecule has 3 amide bonds. The van der Waals surface area contributed by atoms with Gasteiger partial charge >= 0.3 is 0 Å². The monoisotopic (exact) mass is 420 g/mol. The molecule has 0 unspecified atom stereocenters. The van der Waals surface area contributed by atoms with Crippen molar-refractivity contribution in [1.82, 2.24) is 10.3 Å². The Morgan fingerprint density at radius 2 is 1.70 bits per heavy atom. The van der Waals surface area contributed by atoms with Crippen molar-refractivity contribution in [1.29, 1.82) is 0 Å². The molecule has 0 aliphatic rings. The first-order valence-corrected chi connectivity index (χ1v) is 10.0. The van der Waals surface area contributed by atoms with Crippen molar-refractivity contribution < 1.29 is 14.4 Å². The molecule has 152 valence electrons. The molecule has 0 aliphatic heterocycles. The van der Waals surface area contributed by atoms with Gasteiger partial charge in [0.15, 0.2) is 5.13 Å². The molecule has 1 heterocycles. The van der Waals surface area contributed by atoms with E-state index in [-0.39, 0.29) is 18.4 Å². The number of benzene rings is 2. The van der Waals surface area contributed by atoms with Crippen LogP contribution in [0.5, 0.6) is 0 Å². The van der Waals surface area contributed by atoms with Crippen LogP contribution in [0.4, 0.5) is 16.5 Å². The Hall–Kier alpha value is -3.78. The zero-order chi connectivity index (χ0) is 21.3. The zero-order valence-electron chi connectivity index (χ0n) is 16.2. The highest BCUT2D eigenvalue weighted by molar-refractivity contribution is 7.14. The van der Waals surface area contributed by atoms with E-state index >= 15 is 0 Å². The minimum Gasteiger partial charge on any atom is -0.343 e. The van der Waals surface area contributed by atoms with E-state index in [9.17, 15) is 14.4 Å². The molecule has 0 atom stereocenters. The van der Waals surface area contributed by atoms with Gasteiger partial charge in [-0.25, -0.2) is 4.98 Å². The molecule has 3 rings (SSSR count). The number of rotatable bonds is 7. The summed E-state index contributed by atoms with van der Waals surface area (Å²) < 4.78 is 0. The standard InChI is InChI=1S/C22H20N4O3S/c1-16(27)26(19-10-6-3-7-11-19)22-25-18(15-30-22)12-13-20(28)23-14-21(29)24-17-8-4-2-5-9-17/h2-13,15H,14H2,1H3,(H,23,28)(H,24,29)/b13-12+. The first-order valence-electron chi connectivity index (χ1n) is 9.15. The molecule has 0 bridgehead atoms. The van der Waals surface area contributed by atoms with Crippen LogP contribution in [0.2, 0.25) is 0 Å². The molecule has 0 aliphatic carbocycles. The summed E-state index contributed by atoms with van der Waals surface area (Å²) in [6.45, 7) is 1.32. The summed E-state index contributed by atoms with van der Waals surface area (Å²) in [4.78, 5) is 41.8. The number of carbonyl (C=O) groups is 3. The third-order valence-corrected chi connectivity index (χ3v) is 4.76. The van der Waals surface area contributed by atoms with Gasteiger partial charge in [-0.3, -0.25) is 19.3 Å². The SMILES string of the molecule is CC(=O)N(c1ccccc1)c1nc(/C=C/C(=O)NCC(=O)Nc2ccccc2)cs1. The molecule has 3 aromatic rings. The van der Waals surface area contributed by atoms with Crippen molar-refractivity contribution in [2.75, 3.05) is 16.8 Å². The highest BCUT2D eigenvalue weighted by Gasteiger charge is 2.17. The zero-order valence-corrected chi connectivity index (χ0v) is 17.1. The average molecular weight is 420 g/mol. The fourth-order valence-electron chi connectivity index (χ4n) is 2.57. The minimum atomic E-state index is -0.417. The van der Waals surface area contributed by atoms with Crippen LogP contribution in [0.3, 0.4) is 0 Å². The number of para-hydroxylation sites is 2. The molecule has 30 heavy (non-hydrogen) atoms. The first kappa shape index (κ1) is 20.9. The first-order chi connectivity index (χ1) is 14.5. The molecule has 0 spiro atoms. The van der Waals surface area contributed by atoms with Crippen LogP contribution in [-0.2, 0) is 14.4 Å². The van der Waals surface area contributed by atoms with Crippen molar-refractivity contribution in [2.24, 2.45) is 0 Å². The number of amides is 3. The van der Waals surface area contributed by atoms with Crippen LogP contribution in [0, 0.1) is 0 Å². The highest BCUT2D eigenvalue weighted by Crippen LogP contribution is 2.28.